The first-order chi connectivity index (χ1) is 8.99. The third-order valence-electron chi connectivity index (χ3n) is 2.32. The first-order valence-electron chi connectivity index (χ1n) is 5.11. The molecule has 0 spiro atoms. The van der Waals surface area contributed by atoms with E-state index in [1.165, 1.54) is 12.3 Å². The van der Waals surface area contributed by atoms with Gasteiger partial charge in [-0.15, -0.1) is 0 Å². The standard InChI is InChI=1S/C13H6Cl5N/c14-8-2-1-3-9(15)7(8)6-19-13-5-11(17)10(16)4-12(13)18/h1-6H. The van der Waals surface area contributed by atoms with Crippen LogP contribution < -0.4 is 0 Å². The van der Waals surface area contributed by atoms with Crippen molar-refractivity contribution in [3.8, 4) is 0 Å². The lowest BCUT2D eigenvalue weighted by molar-refractivity contribution is 1.52. The summed E-state index contributed by atoms with van der Waals surface area (Å²) < 4.78 is 0. The fourth-order valence-corrected chi connectivity index (χ4v) is 2.46. The van der Waals surface area contributed by atoms with Gasteiger partial charge in [-0.05, 0) is 24.3 Å². The topological polar surface area (TPSA) is 12.4 Å². The summed E-state index contributed by atoms with van der Waals surface area (Å²) in [7, 11) is 0. The van der Waals surface area contributed by atoms with Crippen molar-refractivity contribution in [2.45, 2.75) is 0 Å². The van der Waals surface area contributed by atoms with Crippen LogP contribution in [0.3, 0.4) is 0 Å². The molecule has 0 saturated heterocycles. The predicted molar refractivity (Wildman–Crippen MR) is 85.2 cm³/mol. The molecule has 1 nitrogen and oxygen atoms in total. The average molecular weight is 353 g/mol. The molecule has 6 heteroatoms. The van der Waals surface area contributed by atoms with Gasteiger partial charge in [-0.1, -0.05) is 64.1 Å². The highest BCUT2D eigenvalue weighted by molar-refractivity contribution is 6.44. The summed E-state index contributed by atoms with van der Waals surface area (Å²) >= 11 is 29.9. The zero-order valence-corrected chi connectivity index (χ0v) is 13.1. The maximum Gasteiger partial charge on any atom is 0.0831 e. The molecule has 19 heavy (non-hydrogen) atoms. The lowest BCUT2D eigenvalue weighted by Crippen LogP contribution is -1.84. The minimum absolute atomic E-state index is 0.376. The molecule has 2 aromatic carbocycles. The molecule has 0 amide bonds. The summed E-state index contributed by atoms with van der Waals surface area (Å²) in [6.45, 7) is 0. The molecular formula is C13H6Cl5N. The van der Waals surface area contributed by atoms with Crippen molar-refractivity contribution in [2.75, 3.05) is 0 Å². The molecule has 0 bridgehead atoms. The Hall–Kier alpha value is -0.440. The largest absolute Gasteiger partial charge is 0.255 e. The molecule has 0 aliphatic heterocycles. The van der Waals surface area contributed by atoms with Gasteiger partial charge in [0.1, 0.15) is 0 Å². The molecule has 0 saturated carbocycles. The Morgan fingerprint density at radius 1 is 0.737 bits per heavy atom. The van der Waals surface area contributed by atoms with Gasteiger partial charge in [0.15, 0.2) is 0 Å². The molecule has 2 aromatic rings. The third-order valence-corrected chi connectivity index (χ3v) is 4.01. The van der Waals surface area contributed by atoms with Crippen molar-refractivity contribution in [3.05, 3.63) is 61.0 Å². The van der Waals surface area contributed by atoms with Gasteiger partial charge in [-0.25, -0.2) is 0 Å². The van der Waals surface area contributed by atoms with E-state index < -0.39 is 0 Å². The fraction of sp³-hybridized carbons (Fsp3) is 0. The summed E-state index contributed by atoms with van der Waals surface area (Å²) in [5, 5.41) is 2.17. The Kier molecular flexibility index (Phi) is 4.99. The van der Waals surface area contributed by atoms with Crippen molar-refractivity contribution in [1.29, 1.82) is 0 Å². The van der Waals surface area contributed by atoms with Gasteiger partial charge >= 0.3 is 0 Å². The Balaban J connectivity index is 2.41. The van der Waals surface area contributed by atoms with E-state index in [1.807, 2.05) is 0 Å². The van der Waals surface area contributed by atoms with Gasteiger partial charge in [-0.3, -0.25) is 4.99 Å². The molecule has 0 N–H and O–H groups in total. The second kappa shape index (κ2) is 6.34. The molecular weight excluding hydrogens is 347 g/mol. The minimum atomic E-state index is 0.376. The van der Waals surface area contributed by atoms with E-state index in [0.29, 0.717) is 36.4 Å². The van der Waals surface area contributed by atoms with Crippen LogP contribution in [0, 0.1) is 0 Å². The highest BCUT2D eigenvalue weighted by atomic mass is 35.5. The lowest BCUT2D eigenvalue weighted by Gasteiger charge is -2.03. The van der Waals surface area contributed by atoms with E-state index in [1.54, 1.807) is 24.3 Å². The zero-order valence-electron chi connectivity index (χ0n) is 9.30. The Labute approximate surface area is 135 Å². The van der Waals surface area contributed by atoms with Crippen molar-refractivity contribution < 1.29 is 0 Å². The molecule has 0 aliphatic rings. The first kappa shape index (κ1) is 15.0. The van der Waals surface area contributed by atoms with Crippen LogP contribution >= 0.6 is 58.0 Å². The second-order valence-corrected chi connectivity index (χ2v) is 5.65. The number of rotatable bonds is 2. The van der Waals surface area contributed by atoms with Crippen LogP contribution in [0.2, 0.25) is 25.1 Å². The van der Waals surface area contributed by atoms with Gasteiger partial charge < -0.3 is 0 Å². The van der Waals surface area contributed by atoms with Gasteiger partial charge in [0.05, 0.1) is 30.8 Å². The number of nitrogens with zero attached hydrogens (tertiary/aromatic N) is 1. The summed E-state index contributed by atoms with van der Waals surface area (Å²) in [5.74, 6) is 0. The van der Waals surface area contributed by atoms with Crippen LogP contribution in [0.5, 0.6) is 0 Å². The van der Waals surface area contributed by atoms with E-state index in [4.69, 9.17) is 58.0 Å². The van der Waals surface area contributed by atoms with Crippen LogP contribution in [0.15, 0.2) is 35.3 Å². The molecule has 2 rings (SSSR count). The monoisotopic (exact) mass is 351 g/mol. The second-order valence-electron chi connectivity index (χ2n) is 3.61. The number of halogens is 5. The van der Waals surface area contributed by atoms with Gasteiger partial charge in [0, 0.05) is 11.8 Å². The predicted octanol–water partition coefficient (Wildman–Crippen LogP) is 6.70. The first-order valence-corrected chi connectivity index (χ1v) is 7.00. The molecule has 98 valence electrons. The van der Waals surface area contributed by atoms with E-state index in [9.17, 15) is 0 Å². The fourth-order valence-electron chi connectivity index (χ4n) is 1.38. The Bertz CT molecular complexity index is 631. The maximum atomic E-state index is 6.04. The quantitative estimate of drug-likeness (QED) is 0.420. The number of hydrogen-bond donors (Lipinski definition) is 0. The average Bonchev–Trinajstić information content (AvgIpc) is 2.34. The molecule has 0 heterocycles. The van der Waals surface area contributed by atoms with Crippen LogP contribution in [0.4, 0.5) is 5.69 Å². The summed E-state index contributed by atoms with van der Waals surface area (Å²) in [4.78, 5) is 4.23. The lowest BCUT2D eigenvalue weighted by atomic mass is 10.2. The Morgan fingerprint density at radius 3 is 1.95 bits per heavy atom. The van der Waals surface area contributed by atoms with E-state index >= 15 is 0 Å². The smallest absolute Gasteiger partial charge is 0.0831 e. The summed E-state index contributed by atoms with van der Waals surface area (Å²) in [5.41, 5.74) is 1.11. The van der Waals surface area contributed by atoms with Crippen LogP contribution in [-0.2, 0) is 0 Å². The molecule has 0 unspecified atom stereocenters. The molecule has 0 fully saturated rings. The minimum Gasteiger partial charge on any atom is -0.255 e. The van der Waals surface area contributed by atoms with E-state index in [0.717, 1.165) is 0 Å². The van der Waals surface area contributed by atoms with Crippen molar-refractivity contribution in [2.24, 2.45) is 4.99 Å². The van der Waals surface area contributed by atoms with Gasteiger partial charge in [0.2, 0.25) is 0 Å². The summed E-state index contributed by atoms with van der Waals surface area (Å²) in [6.07, 6.45) is 1.54. The number of aliphatic imine (C=N–C) groups is 1. The molecule has 0 aromatic heterocycles. The summed E-state index contributed by atoms with van der Waals surface area (Å²) in [6, 6.07) is 8.32. The number of benzene rings is 2. The highest BCUT2D eigenvalue weighted by Crippen LogP contribution is 2.34. The van der Waals surface area contributed by atoms with Gasteiger partial charge in [0.25, 0.3) is 0 Å². The van der Waals surface area contributed by atoms with Crippen molar-refractivity contribution >= 4 is 69.9 Å². The molecule has 0 aliphatic carbocycles. The number of hydrogen-bond acceptors (Lipinski definition) is 1. The molecule has 0 radical (unpaired) electrons. The maximum absolute atomic E-state index is 6.04. The zero-order chi connectivity index (χ0) is 14.0. The van der Waals surface area contributed by atoms with Crippen LogP contribution in [-0.4, -0.2) is 6.21 Å². The SMILES string of the molecule is Clc1cc(Cl)c(N=Cc2c(Cl)cccc2Cl)cc1Cl. The van der Waals surface area contributed by atoms with Crippen LogP contribution in [0.25, 0.3) is 0 Å². The third kappa shape index (κ3) is 3.56. The van der Waals surface area contributed by atoms with E-state index in [-0.39, 0.29) is 0 Å². The highest BCUT2D eigenvalue weighted by Gasteiger charge is 2.06. The van der Waals surface area contributed by atoms with Crippen LogP contribution in [0.1, 0.15) is 5.56 Å². The van der Waals surface area contributed by atoms with Gasteiger partial charge in [-0.2, -0.15) is 0 Å². The van der Waals surface area contributed by atoms with Crippen molar-refractivity contribution in [1.82, 2.24) is 0 Å². The van der Waals surface area contributed by atoms with Crippen molar-refractivity contribution in [3.63, 3.8) is 0 Å². The Morgan fingerprint density at radius 2 is 1.32 bits per heavy atom. The normalized spacial score (nSPS) is 11.2. The van der Waals surface area contributed by atoms with E-state index in [2.05, 4.69) is 4.99 Å². The molecule has 0 atom stereocenters.